The number of carbonyl (C=O) groups excluding carboxylic acids is 1. The van der Waals surface area contributed by atoms with Gasteiger partial charge in [0.2, 0.25) is 0 Å². The highest BCUT2D eigenvalue weighted by Gasteiger charge is 2.18. The Bertz CT molecular complexity index is 471. The summed E-state index contributed by atoms with van der Waals surface area (Å²) in [6.45, 7) is 1.76. The maximum atomic E-state index is 11.5. The molecule has 0 saturated heterocycles. The van der Waals surface area contributed by atoms with Crippen LogP contribution in [-0.2, 0) is 4.79 Å². The van der Waals surface area contributed by atoms with Gasteiger partial charge in [-0.2, -0.15) is 0 Å². The van der Waals surface area contributed by atoms with E-state index >= 15 is 0 Å². The summed E-state index contributed by atoms with van der Waals surface area (Å²) in [5.41, 5.74) is 0.284. The van der Waals surface area contributed by atoms with Crippen LogP contribution in [0.1, 0.15) is 25.0 Å². The Morgan fingerprint density at radius 2 is 2.38 bits per heavy atom. The number of aliphatic hydroxyl groups is 1. The van der Waals surface area contributed by atoms with Crippen LogP contribution in [0.5, 0.6) is 0 Å². The number of ketones is 1. The molecule has 1 aromatic rings. The predicted molar refractivity (Wildman–Crippen MR) is 57.9 cm³/mol. The molecule has 0 fully saturated rings. The van der Waals surface area contributed by atoms with Gasteiger partial charge in [-0.15, -0.1) is 0 Å². The lowest BCUT2D eigenvalue weighted by molar-refractivity contribution is -0.115. The fourth-order valence-corrected chi connectivity index (χ4v) is 1.54. The largest absolute Gasteiger partial charge is 0.512 e. The molecule has 1 heterocycles. The van der Waals surface area contributed by atoms with Gasteiger partial charge >= 0.3 is 0 Å². The zero-order valence-electron chi connectivity index (χ0n) is 8.93. The first-order chi connectivity index (χ1) is 7.66. The number of carbonyl (C=O) groups is 1. The van der Waals surface area contributed by atoms with Crippen LogP contribution in [0.25, 0.3) is 0 Å². The smallest absolute Gasteiger partial charge is 0.195 e. The van der Waals surface area contributed by atoms with Gasteiger partial charge in [-0.05, 0) is 13.3 Å². The number of aromatic nitrogens is 1. The van der Waals surface area contributed by atoms with E-state index in [0.29, 0.717) is 30.8 Å². The number of allylic oxidation sites excluding steroid dienone is 2. The van der Waals surface area contributed by atoms with Crippen molar-refractivity contribution >= 4 is 17.8 Å². The van der Waals surface area contributed by atoms with E-state index in [1.807, 2.05) is 0 Å². The molecule has 0 amide bonds. The summed E-state index contributed by atoms with van der Waals surface area (Å²) in [4.78, 5) is 15.5. The minimum atomic E-state index is -0.0762. The maximum absolute atomic E-state index is 11.5. The molecule has 0 atom stereocenters. The maximum Gasteiger partial charge on any atom is 0.195 e. The first-order valence-electron chi connectivity index (χ1n) is 5.09. The van der Waals surface area contributed by atoms with Crippen molar-refractivity contribution in [3.05, 3.63) is 23.2 Å². The highest BCUT2D eigenvalue weighted by molar-refractivity contribution is 6.14. The third-order valence-corrected chi connectivity index (χ3v) is 2.37. The van der Waals surface area contributed by atoms with E-state index in [2.05, 4.69) is 10.1 Å². The van der Waals surface area contributed by atoms with Gasteiger partial charge < -0.3 is 9.63 Å². The van der Waals surface area contributed by atoms with E-state index in [1.54, 1.807) is 13.0 Å². The van der Waals surface area contributed by atoms with Crippen molar-refractivity contribution in [2.75, 3.05) is 0 Å². The molecule has 5 heteroatoms. The zero-order valence-corrected chi connectivity index (χ0v) is 8.93. The van der Waals surface area contributed by atoms with Crippen LogP contribution in [-0.4, -0.2) is 22.3 Å². The third kappa shape index (κ3) is 2.18. The molecule has 84 valence electrons. The van der Waals surface area contributed by atoms with Crippen molar-refractivity contribution in [1.82, 2.24) is 5.16 Å². The molecular weight excluding hydrogens is 208 g/mol. The molecule has 1 aromatic heterocycles. The fraction of sp³-hybridized carbons (Fsp3) is 0.364. The highest BCUT2D eigenvalue weighted by Crippen LogP contribution is 2.19. The SMILES string of the molecule is Cc1cc(N=CC2=C(O)CCCC2=O)no1. The van der Waals surface area contributed by atoms with Crippen molar-refractivity contribution in [2.24, 2.45) is 4.99 Å². The van der Waals surface area contributed by atoms with Crippen molar-refractivity contribution in [2.45, 2.75) is 26.2 Å². The average molecular weight is 220 g/mol. The first-order valence-corrected chi connectivity index (χ1v) is 5.09. The van der Waals surface area contributed by atoms with Crippen molar-refractivity contribution in [3.63, 3.8) is 0 Å². The van der Waals surface area contributed by atoms with Crippen molar-refractivity contribution < 1.29 is 14.4 Å². The number of aryl methyl sites for hydroxylation is 1. The number of rotatable bonds is 2. The van der Waals surface area contributed by atoms with Gasteiger partial charge in [0.15, 0.2) is 11.6 Å². The molecule has 0 spiro atoms. The van der Waals surface area contributed by atoms with Crippen LogP contribution in [0.3, 0.4) is 0 Å². The van der Waals surface area contributed by atoms with Crippen molar-refractivity contribution in [1.29, 1.82) is 0 Å². The normalized spacial score (nSPS) is 17.4. The Morgan fingerprint density at radius 1 is 1.56 bits per heavy atom. The fourth-order valence-electron chi connectivity index (χ4n) is 1.54. The molecule has 0 saturated carbocycles. The summed E-state index contributed by atoms with van der Waals surface area (Å²) < 4.78 is 4.83. The van der Waals surface area contributed by atoms with Gasteiger partial charge in [0.25, 0.3) is 0 Å². The van der Waals surface area contributed by atoms with Gasteiger partial charge in [0, 0.05) is 25.1 Å². The molecule has 0 aromatic carbocycles. The van der Waals surface area contributed by atoms with Gasteiger partial charge in [-0.25, -0.2) is 4.99 Å². The van der Waals surface area contributed by atoms with Gasteiger partial charge in [0.05, 0.1) is 5.57 Å². The Kier molecular flexibility index (Phi) is 2.85. The first kappa shape index (κ1) is 10.6. The molecule has 1 aliphatic rings. The van der Waals surface area contributed by atoms with E-state index < -0.39 is 0 Å². The zero-order chi connectivity index (χ0) is 11.5. The van der Waals surface area contributed by atoms with Crippen LogP contribution in [0.2, 0.25) is 0 Å². The molecule has 0 bridgehead atoms. The second-order valence-corrected chi connectivity index (χ2v) is 3.69. The molecule has 1 N–H and O–H groups in total. The number of aliphatic hydroxyl groups excluding tert-OH is 1. The quantitative estimate of drug-likeness (QED) is 0.775. The summed E-state index contributed by atoms with van der Waals surface area (Å²) in [6.07, 6.45) is 3.05. The topological polar surface area (TPSA) is 75.7 Å². The van der Waals surface area contributed by atoms with E-state index in [-0.39, 0.29) is 17.1 Å². The predicted octanol–water partition coefficient (Wildman–Crippen LogP) is 2.25. The Morgan fingerprint density at radius 3 is 3.00 bits per heavy atom. The lowest BCUT2D eigenvalue weighted by Crippen LogP contribution is -2.12. The van der Waals surface area contributed by atoms with Crippen LogP contribution >= 0.6 is 0 Å². The van der Waals surface area contributed by atoms with Crippen LogP contribution in [0, 0.1) is 6.92 Å². The highest BCUT2D eigenvalue weighted by atomic mass is 16.5. The van der Waals surface area contributed by atoms with E-state index in [0.717, 1.165) is 0 Å². The summed E-state index contributed by atoms with van der Waals surface area (Å²) in [5, 5.41) is 13.2. The average Bonchev–Trinajstić information content (AvgIpc) is 2.63. The van der Waals surface area contributed by atoms with Gasteiger partial charge in [-0.3, -0.25) is 4.79 Å². The third-order valence-electron chi connectivity index (χ3n) is 2.37. The summed E-state index contributed by atoms with van der Waals surface area (Å²) in [5.74, 6) is 1.09. The number of Topliss-reactive ketones (excluding diaryl/α,β-unsaturated/α-hetero) is 1. The second-order valence-electron chi connectivity index (χ2n) is 3.69. The summed E-state index contributed by atoms with van der Waals surface area (Å²) in [6, 6.07) is 1.65. The minimum absolute atomic E-state index is 0.0762. The second kappa shape index (κ2) is 4.30. The van der Waals surface area contributed by atoms with E-state index in [4.69, 9.17) is 4.52 Å². The molecule has 16 heavy (non-hydrogen) atoms. The van der Waals surface area contributed by atoms with Gasteiger partial charge in [-0.1, -0.05) is 5.16 Å². The lowest BCUT2D eigenvalue weighted by Gasteiger charge is -2.10. The standard InChI is InChI=1S/C11H12N2O3/c1-7-5-11(13-16-7)12-6-8-9(14)3-2-4-10(8)15/h5-6,14H,2-4H2,1H3. The van der Waals surface area contributed by atoms with Crippen molar-refractivity contribution in [3.8, 4) is 0 Å². The Hall–Kier alpha value is -1.91. The van der Waals surface area contributed by atoms with Crippen LogP contribution in [0.4, 0.5) is 5.82 Å². The minimum Gasteiger partial charge on any atom is -0.512 e. The monoisotopic (exact) mass is 220 g/mol. The Labute approximate surface area is 92.5 Å². The van der Waals surface area contributed by atoms with E-state index in [9.17, 15) is 9.90 Å². The summed E-state index contributed by atoms with van der Waals surface area (Å²) >= 11 is 0. The molecular formula is C11H12N2O3. The molecule has 1 aliphatic carbocycles. The van der Waals surface area contributed by atoms with E-state index in [1.165, 1.54) is 6.21 Å². The Balaban J connectivity index is 2.20. The molecule has 0 unspecified atom stereocenters. The molecule has 0 aliphatic heterocycles. The molecule has 2 rings (SSSR count). The molecule has 0 radical (unpaired) electrons. The number of aliphatic imine (C=N–C) groups is 1. The van der Waals surface area contributed by atoms with Gasteiger partial charge in [0.1, 0.15) is 11.5 Å². The molecule has 5 nitrogen and oxygen atoms in total. The van der Waals surface area contributed by atoms with Crippen LogP contribution < -0.4 is 0 Å². The number of nitrogens with zero attached hydrogens (tertiary/aromatic N) is 2. The number of hydrogen-bond donors (Lipinski definition) is 1. The summed E-state index contributed by atoms with van der Waals surface area (Å²) in [7, 11) is 0. The van der Waals surface area contributed by atoms with Crippen LogP contribution in [0.15, 0.2) is 26.9 Å². The number of hydrogen-bond acceptors (Lipinski definition) is 5. The lowest BCUT2D eigenvalue weighted by atomic mass is 9.97.